The molecule has 0 saturated carbocycles. The van der Waals surface area contributed by atoms with Crippen LogP contribution in [0.3, 0.4) is 0 Å². The molecular weight excluding hydrogens is 390 g/mol. The molecule has 7 heteroatoms. The first-order valence-electron chi connectivity index (χ1n) is 10.9. The Bertz CT molecular complexity index is 1070. The predicted molar refractivity (Wildman–Crippen MR) is 123 cm³/mol. The number of piperidine rings is 1. The summed E-state index contributed by atoms with van der Waals surface area (Å²) in [5, 5.41) is 5.58. The van der Waals surface area contributed by atoms with Gasteiger partial charge in [-0.2, -0.15) is 5.10 Å². The molecule has 1 saturated heterocycles. The molecule has 1 aromatic carbocycles. The summed E-state index contributed by atoms with van der Waals surface area (Å²) in [6, 6.07) is 12.2. The van der Waals surface area contributed by atoms with Gasteiger partial charge in [-0.3, -0.25) is 9.48 Å². The third kappa shape index (κ3) is 4.50. The summed E-state index contributed by atoms with van der Waals surface area (Å²) in [6.07, 6.45) is 2.41. The average molecular weight is 422 g/mol. The van der Waals surface area contributed by atoms with E-state index in [1.165, 1.54) is 0 Å². The predicted octanol–water partition coefficient (Wildman–Crippen LogP) is 3.52. The number of benzene rings is 1. The van der Waals surface area contributed by atoms with Crippen molar-refractivity contribution in [1.82, 2.24) is 19.7 Å². The van der Waals surface area contributed by atoms with Crippen molar-refractivity contribution in [3.05, 3.63) is 47.8 Å². The number of carbonyl (C=O) groups is 1. The SMILES string of the molecule is COc1cccc(N(C)CCC(=O)N2CCC(c3ccc4c(C)nn(C)c4n3)CC2)c1. The molecule has 0 N–H and O–H groups in total. The Morgan fingerprint density at radius 3 is 2.74 bits per heavy atom. The number of fused-ring (bicyclic) bond motifs is 1. The molecule has 7 nitrogen and oxygen atoms in total. The van der Waals surface area contributed by atoms with E-state index in [1.807, 2.05) is 54.9 Å². The zero-order valence-corrected chi connectivity index (χ0v) is 18.8. The van der Waals surface area contributed by atoms with Gasteiger partial charge < -0.3 is 14.5 Å². The number of methoxy groups -OCH3 is 1. The molecule has 31 heavy (non-hydrogen) atoms. The average Bonchev–Trinajstić information content (AvgIpc) is 3.10. The van der Waals surface area contributed by atoms with Crippen molar-refractivity contribution in [2.45, 2.75) is 32.1 Å². The van der Waals surface area contributed by atoms with Crippen LogP contribution in [0.1, 0.15) is 36.6 Å². The van der Waals surface area contributed by atoms with Crippen molar-refractivity contribution >= 4 is 22.6 Å². The van der Waals surface area contributed by atoms with E-state index in [4.69, 9.17) is 9.72 Å². The fraction of sp³-hybridized carbons (Fsp3) is 0.458. The summed E-state index contributed by atoms with van der Waals surface area (Å²) in [6.45, 7) is 4.27. The molecule has 0 bridgehead atoms. The van der Waals surface area contributed by atoms with Gasteiger partial charge in [0.15, 0.2) is 5.65 Å². The topological polar surface area (TPSA) is 63.5 Å². The smallest absolute Gasteiger partial charge is 0.224 e. The number of hydrogen-bond acceptors (Lipinski definition) is 5. The number of pyridine rings is 1. The van der Waals surface area contributed by atoms with Gasteiger partial charge in [0, 0.05) is 68.9 Å². The Hall–Kier alpha value is -3.09. The molecule has 164 valence electrons. The first kappa shape index (κ1) is 21.2. The number of likely N-dealkylation sites (tertiary alicyclic amines) is 1. The molecule has 1 aliphatic rings. The first-order chi connectivity index (χ1) is 15.0. The maximum Gasteiger partial charge on any atom is 0.224 e. The van der Waals surface area contributed by atoms with Crippen molar-refractivity contribution in [1.29, 1.82) is 0 Å². The van der Waals surface area contributed by atoms with E-state index in [-0.39, 0.29) is 5.91 Å². The number of aromatic nitrogens is 3. The molecule has 0 aliphatic carbocycles. The first-order valence-corrected chi connectivity index (χ1v) is 10.9. The van der Waals surface area contributed by atoms with Gasteiger partial charge in [0.2, 0.25) is 5.91 Å². The van der Waals surface area contributed by atoms with Crippen molar-refractivity contribution in [3.63, 3.8) is 0 Å². The number of carbonyl (C=O) groups excluding carboxylic acids is 1. The molecule has 0 unspecified atom stereocenters. The standard InChI is InChI=1S/C24H31N5O2/c1-17-21-8-9-22(25-24(21)28(3)26-17)18-10-14-29(15-11-18)23(30)12-13-27(2)19-6-5-7-20(16-19)31-4/h5-9,16,18H,10-15H2,1-4H3. The normalized spacial score (nSPS) is 14.8. The zero-order valence-electron chi connectivity index (χ0n) is 18.8. The van der Waals surface area contributed by atoms with Crippen LogP contribution in [0.25, 0.3) is 11.0 Å². The highest BCUT2D eigenvalue weighted by atomic mass is 16.5. The van der Waals surface area contributed by atoms with Crippen LogP contribution in [0.15, 0.2) is 36.4 Å². The number of aryl methyl sites for hydroxylation is 2. The second kappa shape index (κ2) is 8.96. The van der Waals surface area contributed by atoms with Crippen molar-refractivity contribution in [2.24, 2.45) is 7.05 Å². The minimum Gasteiger partial charge on any atom is -0.497 e. The number of hydrogen-bond donors (Lipinski definition) is 0. The van der Waals surface area contributed by atoms with Gasteiger partial charge in [-0.05, 0) is 44.0 Å². The van der Waals surface area contributed by atoms with E-state index < -0.39 is 0 Å². The van der Waals surface area contributed by atoms with Gasteiger partial charge in [0.05, 0.1) is 12.8 Å². The minimum absolute atomic E-state index is 0.221. The van der Waals surface area contributed by atoms with E-state index in [9.17, 15) is 4.79 Å². The molecule has 1 amide bonds. The van der Waals surface area contributed by atoms with Crippen LogP contribution < -0.4 is 9.64 Å². The van der Waals surface area contributed by atoms with Crippen LogP contribution in [-0.2, 0) is 11.8 Å². The fourth-order valence-electron chi connectivity index (χ4n) is 4.37. The second-order valence-electron chi connectivity index (χ2n) is 8.34. The zero-order chi connectivity index (χ0) is 22.0. The highest BCUT2D eigenvalue weighted by Gasteiger charge is 2.25. The second-order valence-corrected chi connectivity index (χ2v) is 8.34. The maximum atomic E-state index is 12.8. The summed E-state index contributed by atoms with van der Waals surface area (Å²) < 4.78 is 7.14. The van der Waals surface area contributed by atoms with Crippen LogP contribution in [-0.4, -0.2) is 59.4 Å². The lowest BCUT2D eigenvalue weighted by Crippen LogP contribution is -2.39. The lowest BCUT2D eigenvalue weighted by atomic mass is 9.92. The molecule has 1 fully saturated rings. The highest BCUT2D eigenvalue weighted by Crippen LogP contribution is 2.29. The number of amides is 1. The summed E-state index contributed by atoms with van der Waals surface area (Å²) >= 11 is 0. The quantitative estimate of drug-likeness (QED) is 0.609. The fourth-order valence-corrected chi connectivity index (χ4v) is 4.37. The van der Waals surface area contributed by atoms with Crippen molar-refractivity contribution in [2.75, 3.05) is 38.7 Å². The van der Waals surface area contributed by atoms with Gasteiger partial charge in [0.25, 0.3) is 0 Å². The summed E-state index contributed by atoms with van der Waals surface area (Å²) in [5.41, 5.74) is 4.11. The molecule has 3 aromatic rings. The summed E-state index contributed by atoms with van der Waals surface area (Å²) in [5.74, 6) is 1.44. The van der Waals surface area contributed by atoms with Crippen LogP contribution in [0.2, 0.25) is 0 Å². The minimum atomic E-state index is 0.221. The van der Waals surface area contributed by atoms with E-state index >= 15 is 0 Å². The summed E-state index contributed by atoms with van der Waals surface area (Å²) in [4.78, 5) is 21.7. The van der Waals surface area contributed by atoms with Gasteiger partial charge in [-0.1, -0.05) is 6.07 Å². The molecule has 0 spiro atoms. The van der Waals surface area contributed by atoms with Gasteiger partial charge in [-0.25, -0.2) is 4.98 Å². The van der Waals surface area contributed by atoms with Crippen molar-refractivity contribution < 1.29 is 9.53 Å². The van der Waals surface area contributed by atoms with E-state index in [2.05, 4.69) is 22.1 Å². The number of nitrogens with zero attached hydrogens (tertiary/aromatic N) is 5. The molecule has 4 rings (SSSR count). The Labute approximate surface area is 183 Å². The van der Waals surface area contributed by atoms with Crippen LogP contribution in [0, 0.1) is 6.92 Å². The molecule has 2 aromatic heterocycles. The van der Waals surface area contributed by atoms with Gasteiger partial charge in [-0.15, -0.1) is 0 Å². The lowest BCUT2D eigenvalue weighted by Gasteiger charge is -2.32. The third-order valence-corrected chi connectivity index (χ3v) is 6.31. The third-order valence-electron chi connectivity index (χ3n) is 6.31. The van der Waals surface area contributed by atoms with Crippen LogP contribution in [0.5, 0.6) is 5.75 Å². The van der Waals surface area contributed by atoms with Crippen molar-refractivity contribution in [3.8, 4) is 5.75 Å². The molecular formula is C24H31N5O2. The van der Waals surface area contributed by atoms with E-state index in [1.54, 1.807) is 7.11 Å². The maximum absolute atomic E-state index is 12.8. The Kier molecular flexibility index (Phi) is 6.11. The van der Waals surface area contributed by atoms with Crippen LogP contribution in [0.4, 0.5) is 5.69 Å². The molecule has 0 atom stereocenters. The number of anilines is 1. The molecule has 0 radical (unpaired) electrons. The van der Waals surface area contributed by atoms with E-state index in [0.29, 0.717) is 18.9 Å². The highest BCUT2D eigenvalue weighted by molar-refractivity contribution is 5.78. The lowest BCUT2D eigenvalue weighted by molar-refractivity contribution is -0.132. The Balaban J connectivity index is 1.31. The summed E-state index contributed by atoms with van der Waals surface area (Å²) in [7, 11) is 5.61. The largest absolute Gasteiger partial charge is 0.497 e. The van der Waals surface area contributed by atoms with Crippen LogP contribution >= 0.6 is 0 Å². The van der Waals surface area contributed by atoms with Gasteiger partial charge in [0.1, 0.15) is 5.75 Å². The Morgan fingerprint density at radius 2 is 2.00 bits per heavy atom. The number of ether oxygens (including phenoxy) is 1. The monoisotopic (exact) mass is 421 g/mol. The molecule has 3 heterocycles. The number of rotatable bonds is 6. The van der Waals surface area contributed by atoms with E-state index in [0.717, 1.165) is 59.8 Å². The molecule has 1 aliphatic heterocycles. The Morgan fingerprint density at radius 1 is 1.23 bits per heavy atom. The van der Waals surface area contributed by atoms with Gasteiger partial charge >= 0.3 is 0 Å².